The van der Waals surface area contributed by atoms with Gasteiger partial charge in [0.2, 0.25) is 11.8 Å². The van der Waals surface area contributed by atoms with Crippen LogP contribution in [0.1, 0.15) is 20.3 Å². The number of fused-ring (bicyclic) bond motifs is 1. The molecule has 0 spiro atoms. The van der Waals surface area contributed by atoms with E-state index >= 15 is 0 Å². The maximum atomic E-state index is 12.4. The Morgan fingerprint density at radius 2 is 2.04 bits per heavy atom. The van der Waals surface area contributed by atoms with Gasteiger partial charge in [0.1, 0.15) is 0 Å². The highest BCUT2D eigenvalue weighted by Crippen LogP contribution is 2.34. The molecule has 0 aliphatic carbocycles. The first-order valence-corrected chi connectivity index (χ1v) is 8.31. The first-order chi connectivity index (χ1) is 11.8. The zero-order valence-electron chi connectivity index (χ0n) is 14.7. The van der Waals surface area contributed by atoms with E-state index in [0.29, 0.717) is 5.39 Å². The van der Waals surface area contributed by atoms with Gasteiger partial charge in [-0.05, 0) is 19.9 Å². The molecule has 1 aromatic carbocycles. The molecule has 7 heteroatoms. The smallest absolute Gasteiger partial charge is 0.274 e. The summed E-state index contributed by atoms with van der Waals surface area (Å²) >= 11 is 0. The van der Waals surface area contributed by atoms with Crippen molar-refractivity contribution in [2.45, 2.75) is 32.4 Å². The molecular weight excluding hydrogens is 320 g/mol. The molecule has 1 fully saturated rings. The van der Waals surface area contributed by atoms with Crippen molar-refractivity contribution in [2.24, 2.45) is 5.92 Å². The second-order valence-corrected chi connectivity index (χ2v) is 6.91. The van der Waals surface area contributed by atoms with Crippen molar-refractivity contribution < 1.29 is 9.59 Å². The summed E-state index contributed by atoms with van der Waals surface area (Å²) in [4.78, 5) is 38.3. The number of carbonyl (C=O) groups excluding carboxylic acids is 2. The quantitative estimate of drug-likeness (QED) is 0.889. The summed E-state index contributed by atoms with van der Waals surface area (Å²) in [6.45, 7) is 4.34. The number of amides is 2. The highest BCUT2D eigenvalue weighted by atomic mass is 16.2. The van der Waals surface area contributed by atoms with Crippen LogP contribution in [0.3, 0.4) is 0 Å². The van der Waals surface area contributed by atoms with E-state index < -0.39 is 11.5 Å². The number of aromatic nitrogens is 2. The van der Waals surface area contributed by atoms with Gasteiger partial charge in [-0.15, -0.1) is 0 Å². The van der Waals surface area contributed by atoms with Gasteiger partial charge in [0.05, 0.1) is 24.0 Å². The maximum absolute atomic E-state index is 12.4. The first-order valence-electron chi connectivity index (χ1n) is 8.31. The summed E-state index contributed by atoms with van der Waals surface area (Å²) < 4.78 is 1.35. The number of nitrogens with zero attached hydrogens (tertiary/aromatic N) is 3. The molecule has 0 bridgehead atoms. The zero-order valence-corrected chi connectivity index (χ0v) is 14.7. The topological polar surface area (TPSA) is 84.3 Å². The van der Waals surface area contributed by atoms with Crippen LogP contribution in [-0.2, 0) is 16.1 Å². The molecule has 1 unspecified atom stereocenters. The summed E-state index contributed by atoms with van der Waals surface area (Å²) in [5, 5.41) is 8.37. The fourth-order valence-corrected chi connectivity index (χ4v) is 3.23. The fraction of sp³-hybridized carbons (Fsp3) is 0.444. The molecule has 1 saturated heterocycles. The second kappa shape index (κ2) is 6.31. The molecular formula is C18H22N4O3. The molecule has 25 heavy (non-hydrogen) atoms. The predicted octanol–water partition coefficient (Wildman–Crippen LogP) is 0.770. The normalized spacial score (nSPS) is 19.4. The molecule has 1 N–H and O–H groups in total. The maximum Gasteiger partial charge on any atom is 0.274 e. The Labute approximate surface area is 145 Å². The van der Waals surface area contributed by atoms with Crippen molar-refractivity contribution in [3.8, 4) is 0 Å². The van der Waals surface area contributed by atoms with Crippen molar-refractivity contribution in [1.82, 2.24) is 20.0 Å². The molecule has 7 nitrogen and oxygen atoms in total. The van der Waals surface area contributed by atoms with Gasteiger partial charge in [-0.3, -0.25) is 14.4 Å². The van der Waals surface area contributed by atoms with Crippen molar-refractivity contribution >= 4 is 22.6 Å². The van der Waals surface area contributed by atoms with Crippen LogP contribution < -0.4 is 10.9 Å². The predicted molar refractivity (Wildman–Crippen MR) is 94.0 cm³/mol. The van der Waals surface area contributed by atoms with Crippen LogP contribution >= 0.6 is 0 Å². The van der Waals surface area contributed by atoms with Gasteiger partial charge in [0.15, 0.2) is 0 Å². The summed E-state index contributed by atoms with van der Waals surface area (Å²) in [5.74, 6) is -0.597. The molecule has 2 amide bonds. The number of carbonyl (C=O) groups is 2. The summed E-state index contributed by atoms with van der Waals surface area (Å²) in [6.07, 6.45) is 1.86. The number of rotatable bonds is 4. The standard InChI is InChI=1S/C18H22N4O3/c1-18(2)14(10-15(23)21(18)3)16(24)19-8-9-22-17(25)13-7-5-4-6-12(13)11-20-22/h4-7,11,14H,8-10H2,1-3H3,(H,19,24). The highest BCUT2D eigenvalue weighted by Gasteiger charge is 2.47. The van der Waals surface area contributed by atoms with Crippen LogP contribution in [0.4, 0.5) is 0 Å². The molecule has 132 valence electrons. The summed E-state index contributed by atoms with van der Waals surface area (Å²) in [6, 6.07) is 7.27. The van der Waals surface area contributed by atoms with E-state index in [0.717, 1.165) is 5.39 Å². The molecule has 2 aromatic rings. The van der Waals surface area contributed by atoms with E-state index in [1.54, 1.807) is 24.2 Å². The lowest BCUT2D eigenvalue weighted by Gasteiger charge is -2.32. The van der Waals surface area contributed by atoms with Gasteiger partial charge in [0.25, 0.3) is 5.56 Å². The van der Waals surface area contributed by atoms with Crippen molar-refractivity contribution in [3.05, 3.63) is 40.8 Å². The monoisotopic (exact) mass is 342 g/mol. The van der Waals surface area contributed by atoms with E-state index in [-0.39, 0.29) is 36.9 Å². The Hall–Kier alpha value is -2.70. The lowest BCUT2D eigenvalue weighted by Crippen LogP contribution is -2.47. The number of hydrogen-bond acceptors (Lipinski definition) is 4. The van der Waals surface area contributed by atoms with E-state index in [2.05, 4.69) is 10.4 Å². The lowest BCUT2D eigenvalue weighted by molar-refractivity contribution is -0.128. The van der Waals surface area contributed by atoms with Crippen LogP contribution in [-0.4, -0.2) is 45.6 Å². The van der Waals surface area contributed by atoms with Gasteiger partial charge in [-0.1, -0.05) is 18.2 Å². The van der Waals surface area contributed by atoms with Gasteiger partial charge in [0, 0.05) is 30.9 Å². The van der Waals surface area contributed by atoms with Gasteiger partial charge < -0.3 is 10.2 Å². The Morgan fingerprint density at radius 1 is 1.32 bits per heavy atom. The third kappa shape index (κ3) is 3.01. The highest BCUT2D eigenvalue weighted by molar-refractivity contribution is 5.90. The number of benzene rings is 1. The molecule has 1 aliphatic heterocycles. The molecule has 0 saturated carbocycles. The number of likely N-dealkylation sites (tertiary alicyclic amines) is 1. The molecule has 1 aromatic heterocycles. The third-order valence-corrected chi connectivity index (χ3v) is 5.17. The van der Waals surface area contributed by atoms with Crippen LogP contribution in [0.15, 0.2) is 35.3 Å². The minimum absolute atomic E-state index is 0.0300. The van der Waals surface area contributed by atoms with Crippen LogP contribution in [0.25, 0.3) is 10.8 Å². The largest absolute Gasteiger partial charge is 0.354 e. The SMILES string of the molecule is CN1C(=O)CC(C(=O)NCCn2ncc3ccccc3c2=O)C1(C)C. The van der Waals surface area contributed by atoms with E-state index in [1.165, 1.54) is 4.68 Å². The Bertz CT molecular complexity index is 887. The van der Waals surface area contributed by atoms with Crippen molar-refractivity contribution in [1.29, 1.82) is 0 Å². The third-order valence-electron chi connectivity index (χ3n) is 5.17. The average Bonchev–Trinajstić information content (AvgIpc) is 2.80. The van der Waals surface area contributed by atoms with E-state index in [9.17, 15) is 14.4 Å². The Balaban J connectivity index is 1.66. The minimum Gasteiger partial charge on any atom is -0.354 e. The molecule has 1 atom stereocenters. The van der Waals surface area contributed by atoms with E-state index in [1.807, 2.05) is 32.0 Å². The molecule has 2 heterocycles. The number of nitrogens with one attached hydrogen (secondary N) is 1. The van der Waals surface area contributed by atoms with Crippen molar-refractivity contribution in [2.75, 3.05) is 13.6 Å². The minimum atomic E-state index is -0.515. The van der Waals surface area contributed by atoms with Crippen LogP contribution in [0.2, 0.25) is 0 Å². The number of hydrogen-bond donors (Lipinski definition) is 1. The fourth-order valence-electron chi connectivity index (χ4n) is 3.23. The van der Waals surface area contributed by atoms with E-state index in [4.69, 9.17) is 0 Å². The average molecular weight is 342 g/mol. The van der Waals surface area contributed by atoms with Crippen molar-refractivity contribution in [3.63, 3.8) is 0 Å². The Kier molecular flexibility index (Phi) is 4.32. The molecule has 0 radical (unpaired) electrons. The van der Waals surface area contributed by atoms with Gasteiger partial charge >= 0.3 is 0 Å². The van der Waals surface area contributed by atoms with Gasteiger partial charge in [-0.2, -0.15) is 5.10 Å². The molecule has 3 rings (SSSR count). The summed E-state index contributed by atoms with van der Waals surface area (Å²) in [7, 11) is 1.72. The summed E-state index contributed by atoms with van der Waals surface area (Å²) in [5.41, 5.74) is -0.692. The van der Waals surface area contributed by atoms with Crippen LogP contribution in [0, 0.1) is 5.92 Å². The molecule has 1 aliphatic rings. The first kappa shape index (κ1) is 17.1. The zero-order chi connectivity index (χ0) is 18.2. The van der Waals surface area contributed by atoms with Crippen LogP contribution in [0.5, 0.6) is 0 Å². The Morgan fingerprint density at radius 3 is 2.72 bits per heavy atom. The van der Waals surface area contributed by atoms with Gasteiger partial charge in [-0.25, -0.2) is 4.68 Å². The second-order valence-electron chi connectivity index (χ2n) is 6.91. The lowest BCUT2D eigenvalue weighted by atomic mass is 9.88.